The highest BCUT2D eigenvalue weighted by Gasteiger charge is 2.22. The summed E-state index contributed by atoms with van der Waals surface area (Å²) in [5.74, 6) is 0.456. The van der Waals surface area contributed by atoms with Gasteiger partial charge in [-0.15, -0.1) is 0 Å². The van der Waals surface area contributed by atoms with Crippen molar-refractivity contribution in [2.24, 2.45) is 0 Å². The van der Waals surface area contributed by atoms with Crippen LogP contribution in [0.2, 0.25) is 5.02 Å². The molecule has 150 valence electrons. The van der Waals surface area contributed by atoms with Crippen LogP contribution in [0.25, 0.3) is 0 Å². The molecule has 2 N–H and O–H groups in total. The lowest BCUT2D eigenvalue weighted by Gasteiger charge is -2.09. The van der Waals surface area contributed by atoms with Gasteiger partial charge in [0.25, 0.3) is 0 Å². The molecule has 0 amide bonds. The van der Waals surface area contributed by atoms with Crippen LogP contribution in [-0.4, -0.2) is 34.2 Å². The fourth-order valence-electron chi connectivity index (χ4n) is 3.29. The molecule has 1 unspecified atom stereocenters. The molecule has 0 saturated carbocycles. The Morgan fingerprint density at radius 2 is 2.04 bits per heavy atom. The third-order valence-corrected chi connectivity index (χ3v) is 5.84. The van der Waals surface area contributed by atoms with Crippen LogP contribution in [0, 0.1) is 0 Å². The smallest absolute Gasteiger partial charge is 0.190 e. The fourth-order valence-corrected chi connectivity index (χ4v) is 4.10. The Morgan fingerprint density at radius 1 is 1.21 bits per heavy atom. The molecule has 1 heterocycles. The van der Waals surface area contributed by atoms with Crippen molar-refractivity contribution in [3.05, 3.63) is 58.1 Å². The number of ketones is 1. The number of unbranched alkanes of at least 4 members (excludes halogenated alkanes) is 1. The van der Waals surface area contributed by atoms with Crippen LogP contribution in [-0.2, 0) is 23.9 Å². The number of carbonyl (C=O) groups is 1. The van der Waals surface area contributed by atoms with Gasteiger partial charge in [0.15, 0.2) is 16.9 Å². The average Bonchev–Trinajstić information content (AvgIpc) is 3.16. The van der Waals surface area contributed by atoms with Crippen LogP contribution in [0.15, 0.2) is 41.3 Å². The maximum atomic E-state index is 12.5. The second-order valence-corrected chi connectivity index (χ2v) is 8.13. The summed E-state index contributed by atoms with van der Waals surface area (Å²) in [6, 6.07) is 11.1. The van der Waals surface area contributed by atoms with Crippen LogP contribution in [0.1, 0.15) is 40.7 Å². The van der Waals surface area contributed by atoms with Gasteiger partial charge < -0.3 is 14.6 Å². The van der Waals surface area contributed by atoms with E-state index in [0.717, 1.165) is 48.5 Å². The van der Waals surface area contributed by atoms with Gasteiger partial charge in [-0.25, -0.2) is 4.21 Å². The zero-order chi connectivity index (χ0) is 19.9. The van der Waals surface area contributed by atoms with Crippen LogP contribution < -0.4 is 10.1 Å². The highest BCUT2D eigenvalue weighted by Crippen LogP contribution is 2.33. The number of ether oxygens (including phenoxy) is 1. The van der Waals surface area contributed by atoms with Crippen LogP contribution >= 0.6 is 11.6 Å². The van der Waals surface area contributed by atoms with Crippen molar-refractivity contribution in [3.63, 3.8) is 0 Å². The first-order chi connectivity index (χ1) is 13.6. The van der Waals surface area contributed by atoms with Crippen molar-refractivity contribution in [2.75, 3.05) is 19.7 Å². The minimum atomic E-state index is -2.16. The molecule has 1 aliphatic heterocycles. The number of hydrogen-bond donors (Lipinski definition) is 2. The summed E-state index contributed by atoms with van der Waals surface area (Å²) in [7, 11) is 0. The zero-order valence-corrected chi connectivity index (χ0v) is 17.2. The topological polar surface area (TPSA) is 75.6 Å². The normalized spacial score (nSPS) is 13.8. The second kappa shape index (κ2) is 10.2. The van der Waals surface area contributed by atoms with E-state index < -0.39 is 11.1 Å². The molecule has 0 bridgehead atoms. The molecule has 0 radical (unpaired) electrons. The molecule has 0 saturated heterocycles. The van der Waals surface area contributed by atoms with E-state index in [-0.39, 0.29) is 10.7 Å². The first-order valence-corrected chi connectivity index (χ1v) is 10.9. The molecule has 0 fully saturated rings. The van der Waals surface area contributed by atoms with Gasteiger partial charge in [-0.05, 0) is 61.7 Å². The molecule has 2 aromatic carbocycles. The summed E-state index contributed by atoms with van der Waals surface area (Å²) in [6.45, 7) is 2.16. The van der Waals surface area contributed by atoms with Gasteiger partial charge in [-0.2, -0.15) is 0 Å². The third kappa shape index (κ3) is 5.41. The predicted molar refractivity (Wildman–Crippen MR) is 111 cm³/mol. The number of nitrogens with one attached hydrogen (secondary N) is 1. The Hall–Kier alpha value is -1.73. The number of carbonyl (C=O) groups excluding carboxylic acids is 1. The molecular formula is C21H24ClNO4S. The predicted octanol–water partition coefficient (Wildman–Crippen LogP) is 4.04. The van der Waals surface area contributed by atoms with E-state index in [4.69, 9.17) is 16.3 Å². The summed E-state index contributed by atoms with van der Waals surface area (Å²) in [5, 5.41) is 4.16. The van der Waals surface area contributed by atoms with Gasteiger partial charge in [0.2, 0.25) is 0 Å². The number of rotatable bonds is 10. The van der Waals surface area contributed by atoms with Crippen molar-refractivity contribution < 1.29 is 18.3 Å². The van der Waals surface area contributed by atoms with Gasteiger partial charge in [-0.3, -0.25) is 4.79 Å². The van der Waals surface area contributed by atoms with Gasteiger partial charge in [-0.1, -0.05) is 29.8 Å². The number of hydrogen-bond acceptors (Lipinski definition) is 4. The molecule has 7 heteroatoms. The number of Topliss-reactive ketones (excluding diaryl/α,β-unsaturated/α-hetero) is 1. The lowest BCUT2D eigenvalue weighted by Crippen LogP contribution is -2.18. The van der Waals surface area contributed by atoms with Gasteiger partial charge in [0.1, 0.15) is 10.6 Å². The summed E-state index contributed by atoms with van der Waals surface area (Å²) >= 11 is 3.97. The monoisotopic (exact) mass is 421 g/mol. The van der Waals surface area contributed by atoms with Gasteiger partial charge in [0.05, 0.1) is 6.61 Å². The van der Waals surface area contributed by atoms with Crippen LogP contribution in [0.4, 0.5) is 0 Å². The minimum absolute atomic E-state index is 0.00235. The Bertz CT molecular complexity index is 871. The third-order valence-electron chi connectivity index (χ3n) is 4.80. The molecular weight excluding hydrogens is 398 g/mol. The maximum absolute atomic E-state index is 12.5. The van der Waals surface area contributed by atoms with Crippen LogP contribution in [0.3, 0.4) is 0 Å². The standard InChI is InChI=1S/C21H24ClNO4S/c22-18-6-2-1-5-15(18)8-11-23-10-4-3-7-19(24)17-13-16-9-12-27-21(16)20(14-17)28(25)26/h1-2,5-6,13-14,23H,3-4,7-12H2,(H,25,26). The lowest BCUT2D eigenvalue weighted by atomic mass is 10.0. The number of halogens is 1. The molecule has 2 aromatic rings. The van der Waals surface area contributed by atoms with Crippen molar-refractivity contribution >= 4 is 28.5 Å². The molecule has 1 aliphatic rings. The zero-order valence-electron chi connectivity index (χ0n) is 15.6. The molecule has 0 spiro atoms. The quantitative estimate of drug-likeness (QED) is 0.344. The molecule has 3 rings (SSSR count). The van der Waals surface area contributed by atoms with Crippen LogP contribution in [0.5, 0.6) is 5.75 Å². The fraction of sp³-hybridized carbons (Fsp3) is 0.381. The van der Waals surface area contributed by atoms with E-state index in [1.54, 1.807) is 6.07 Å². The maximum Gasteiger partial charge on any atom is 0.190 e. The number of benzene rings is 2. The summed E-state index contributed by atoms with van der Waals surface area (Å²) in [4.78, 5) is 12.7. The summed E-state index contributed by atoms with van der Waals surface area (Å²) in [6.07, 6.45) is 3.61. The van der Waals surface area contributed by atoms with Crippen molar-refractivity contribution in [3.8, 4) is 5.75 Å². The van der Waals surface area contributed by atoms with Gasteiger partial charge in [0, 0.05) is 23.4 Å². The van der Waals surface area contributed by atoms with Crippen molar-refractivity contribution in [1.82, 2.24) is 5.32 Å². The largest absolute Gasteiger partial charge is 0.492 e. The second-order valence-electron chi connectivity index (χ2n) is 6.78. The molecule has 0 aromatic heterocycles. The highest BCUT2D eigenvalue weighted by atomic mass is 35.5. The Labute approximate surface area is 172 Å². The van der Waals surface area contributed by atoms with E-state index >= 15 is 0 Å². The highest BCUT2D eigenvalue weighted by molar-refractivity contribution is 7.79. The van der Waals surface area contributed by atoms with E-state index in [1.807, 2.05) is 24.3 Å². The minimum Gasteiger partial charge on any atom is -0.492 e. The number of fused-ring (bicyclic) bond motifs is 1. The van der Waals surface area contributed by atoms with E-state index in [2.05, 4.69) is 5.32 Å². The average molecular weight is 422 g/mol. The molecule has 28 heavy (non-hydrogen) atoms. The Kier molecular flexibility index (Phi) is 7.62. The van der Waals surface area contributed by atoms with Gasteiger partial charge >= 0.3 is 0 Å². The molecule has 1 atom stereocenters. The molecule has 0 aliphatic carbocycles. The SMILES string of the molecule is O=C(CCCCNCCc1ccccc1Cl)c1cc2c(c(S(=O)O)c1)OCC2. The van der Waals surface area contributed by atoms with E-state index in [1.165, 1.54) is 6.07 Å². The van der Waals surface area contributed by atoms with E-state index in [9.17, 15) is 13.6 Å². The Balaban J connectivity index is 1.41. The van der Waals surface area contributed by atoms with Crippen molar-refractivity contribution in [1.29, 1.82) is 0 Å². The first-order valence-electron chi connectivity index (χ1n) is 9.44. The summed E-state index contributed by atoms with van der Waals surface area (Å²) in [5.41, 5.74) is 2.46. The lowest BCUT2D eigenvalue weighted by molar-refractivity contribution is 0.0979. The van der Waals surface area contributed by atoms with E-state index in [0.29, 0.717) is 30.8 Å². The summed E-state index contributed by atoms with van der Waals surface area (Å²) < 4.78 is 26.4. The molecule has 5 nitrogen and oxygen atoms in total. The Morgan fingerprint density at radius 3 is 2.82 bits per heavy atom. The first kappa shape index (κ1) is 21.0. The van der Waals surface area contributed by atoms with Crippen molar-refractivity contribution in [2.45, 2.75) is 37.0 Å².